The zero-order valence-electron chi connectivity index (χ0n) is 16.3. The molecule has 1 atom stereocenters. The third-order valence-corrected chi connectivity index (χ3v) is 7.98. The van der Waals surface area contributed by atoms with E-state index in [0.29, 0.717) is 18.5 Å². The van der Waals surface area contributed by atoms with E-state index >= 15 is 0 Å². The average molecular weight is 424 g/mol. The molecule has 5 rings (SSSR count). The molecule has 1 N–H and O–H groups in total. The molecule has 1 aliphatic heterocycles. The minimum absolute atomic E-state index is 0.00561. The highest BCUT2D eigenvalue weighted by Gasteiger charge is 2.39. The van der Waals surface area contributed by atoms with E-state index in [1.165, 1.54) is 33.0 Å². The van der Waals surface area contributed by atoms with E-state index in [1.54, 1.807) is 0 Å². The van der Waals surface area contributed by atoms with Crippen LogP contribution >= 0.6 is 0 Å². The maximum atomic E-state index is 13.2. The number of hydrogen-bond donors (Lipinski definition) is 1. The van der Waals surface area contributed by atoms with Gasteiger partial charge in [0.05, 0.1) is 4.90 Å². The summed E-state index contributed by atoms with van der Waals surface area (Å²) >= 11 is 0. The average Bonchev–Trinajstić information content (AvgIpc) is 3.39. The van der Waals surface area contributed by atoms with E-state index < -0.39 is 21.9 Å². The molecule has 0 spiro atoms. The Labute approximate surface area is 174 Å². The highest BCUT2D eigenvalue weighted by Crippen LogP contribution is 2.35. The van der Waals surface area contributed by atoms with E-state index in [9.17, 15) is 17.6 Å². The van der Waals surface area contributed by atoms with Gasteiger partial charge in [0.15, 0.2) is 0 Å². The van der Waals surface area contributed by atoms with E-state index in [4.69, 9.17) is 0 Å². The van der Waals surface area contributed by atoms with Crippen molar-refractivity contribution in [2.75, 3.05) is 11.9 Å². The number of sulfonamides is 1. The van der Waals surface area contributed by atoms with Crippen LogP contribution < -0.4 is 5.32 Å². The molecular formula is C23H21FN2O3S. The third kappa shape index (κ3) is 3.09. The van der Waals surface area contributed by atoms with Gasteiger partial charge in [0.25, 0.3) is 0 Å². The normalized spacial score (nSPS) is 18.8. The molecule has 0 bridgehead atoms. The molecule has 1 saturated heterocycles. The van der Waals surface area contributed by atoms with E-state index in [0.717, 1.165) is 30.4 Å². The van der Waals surface area contributed by atoms with E-state index in [2.05, 4.69) is 11.4 Å². The molecule has 0 saturated carbocycles. The van der Waals surface area contributed by atoms with Gasteiger partial charge >= 0.3 is 0 Å². The number of nitrogens with one attached hydrogen (secondary N) is 1. The Bertz CT molecular complexity index is 1250. The summed E-state index contributed by atoms with van der Waals surface area (Å²) in [7, 11) is -3.88. The van der Waals surface area contributed by atoms with Crippen molar-refractivity contribution >= 4 is 32.4 Å². The number of anilines is 1. The Morgan fingerprint density at radius 3 is 2.50 bits per heavy atom. The van der Waals surface area contributed by atoms with Gasteiger partial charge in [-0.25, -0.2) is 12.8 Å². The number of benzene rings is 3. The first-order valence-electron chi connectivity index (χ1n) is 10.1. The van der Waals surface area contributed by atoms with Crippen LogP contribution in [-0.2, 0) is 27.7 Å². The fourth-order valence-electron chi connectivity index (χ4n) is 4.60. The molecule has 0 radical (unpaired) electrons. The lowest BCUT2D eigenvalue weighted by atomic mass is 10.0. The molecule has 1 heterocycles. The molecule has 2 aliphatic rings. The maximum absolute atomic E-state index is 13.2. The lowest BCUT2D eigenvalue weighted by Crippen LogP contribution is -2.43. The zero-order valence-corrected chi connectivity index (χ0v) is 17.1. The number of carbonyl (C=O) groups excluding carboxylic acids is 1. The highest BCUT2D eigenvalue weighted by molar-refractivity contribution is 7.89. The van der Waals surface area contributed by atoms with Crippen LogP contribution in [0.5, 0.6) is 0 Å². The van der Waals surface area contributed by atoms with Gasteiger partial charge in [0.2, 0.25) is 15.9 Å². The Hall–Kier alpha value is -2.77. The second kappa shape index (κ2) is 7.18. The first-order chi connectivity index (χ1) is 14.4. The molecule has 1 unspecified atom stereocenters. The number of carbonyl (C=O) groups is 1. The van der Waals surface area contributed by atoms with Crippen LogP contribution in [0.25, 0.3) is 10.8 Å². The number of rotatable bonds is 4. The van der Waals surface area contributed by atoms with Gasteiger partial charge in [-0.05, 0) is 72.5 Å². The minimum atomic E-state index is -3.88. The Morgan fingerprint density at radius 2 is 1.73 bits per heavy atom. The fourth-order valence-corrected chi connectivity index (χ4v) is 6.26. The van der Waals surface area contributed by atoms with Crippen molar-refractivity contribution in [2.24, 2.45) is 0 Å². The Kier molecular flexibility index (Phi) is 4.60. The van der Waals surface area contributed by atoms with Crippen LogP contribution in [0.3, 0.4) is 0 Å². The molecule has 7 heteroatoms. The second-order valence-electron chi connectivity index (χ2n) is 7.83. The van der Waals surface area contributed by atoms with Crippen LogP contribution in [0, 0.1) is 5.82 Å². The maximum Gasteiger partial charge on any atom is 0.243 e. The summed E-state index contributed by atoms with van der Waals surface area (Å²) in [5.74, 6) is -0.839. The van der Waals surface area contributed by atoms with Gasteiger partial charge in [-0.1, -0.05) is 24.3 Å². The third-order valence-electron chi connectivity index (χ3n) is 6.06. The molecule has 5 nitrogen and oxygen atoms in total. The highest BCUT2D eigenvalue weighted by atomic mass is 32.2. The fraction of sp³-hybridized carbons (Fsp3) is 0.261. The van der Waals surface area contributed by atoms with Crippen molar-refractivity contribution in [1.29, 1.82) is 0 Å². The Morgan fingerprint density at radius 1 is 1.00 bits per heavy atom. The predicted molar refractivity (Wildman–Crippen MR) is 113 cm³/mol. The lowest BCUT2D eigenvalue weighted by Gasteiger charge is -2.24. The second-order valence-corrected chi connectivity index (χ2v) is 9.72. The number of hydrogen-bond acceptors (Lipinski definition) is 3. The molecule has 1 aliphatic carbocycles. The molecule has 3 aromatic carbocycles. The smallest absolute Gasteiger partial charge is 0.243 e. The number of halogens is 1. The van der Waals surface area contributed by atoms with Crippen molar-refractivity contribution in [3.05, 3.63) is 71.5 Å². The summed E-state index contributed by atoms with van der Waals surface area (Å²) in [6, 6.07) is 13.9. The van der Waals surface area contributed by atoms with E-state index in [-0.39, 0.29) is 17.3 Å². The molecule has 1 fully saturated rings. The lowest BCUT2D eigenvalue weighted by molar-refractivity contribution is -0.119. The van der Waals surface area contributed by atoms with Gasteiger partial charge < -0.3 is 5.32 Å². The summed E-state index contributed by atoms with van der Waals surface area (Å²) in [6.07, 6.45) is 3.04. The van der Waals surface area contributed by atoms with E-state index in [1.807, 2.05) is 24.3 Å². The Balaban J connectivity index is 1.44. The monoisotopic (exact) mass is 424 g/mol. The summed E-state index contributed by atoms with van der Waals surface area (Å²) < 4.78 is 40.5. The summed E-state index contributed by atoms with van der Waals surface area (Å²) in [5.41, 5.74) is 3.26. The zero-order chi connectivity index (χ0) is 20.9. The van der Waals surface area contributed by atoms with Gasteiger partial charge in [0, 0.05) is 17.6 Å². The number of nitrogens with zero attached hydrogens (tertiary/aromatic N) is 1. The summed E-state index contributed by atoms with van der Waals surface area (Å²) in [4.78, 5) is 13.1. The molecule has 0 aromatic heterocycles. The van der Waals surface area contributed by atoms with Crippen LogP contribution in [-0.4, -0.2) is 31.2 Å². The molecule has 3 aromatic rings. The summed E-state index contributed by atoms with van der Waals surface area (Å²) in [6.45, 7) is 0.266. The van der Waals surface area contributed by atoms with Crippen molar-refractivity contribution in [1.82, 2.24) is 4.31 Å². The van der Waals surface area contributed by atoms with Crippen molar-refractivity contribution in [3.63, 3.8) is 0 Å². The van der Waals surface area contributed by atoms with Crippen LogP contribution in [0.1, 0.15) is 24.0 Å². The molecule has 154 valence electrons. The topological polar surface area (TPSA) is 66.5 Å². The SMILES string of the molecule is O=C(Nc1ccc2c3c(cccc13)CC2)C1CCCN1S(=O)(=O)c1ccc(F)cc1. The van der Waals surface area contributed by atoms with Gasteiger partial charge in [-0.15, -0.1) is 0 Å². The standard InChI is InChI=1S/C23H21FN2O3S/c24-17-9-11-18(12-10-17)30(28,29)26-14-2-5-21(26)23(27)25-20-13-8-16-7-6-15-3-1-4-19(20)22(15)16/h1,3-4,8-13,21H,2,5-7,14H2,(H,25,27). The largest absolute Gasteiger partial charge is 0.324 e. The number of amides is 1. The van der Waals surface area contributed by atoms with Crippen molar-refractivity contribution in [3.8, 4) is 0 Å². The van der Waals surface area contributed by atoms with Crippen molar-refractivity contribution in [2.45, 2.75) is 36.6 Å². The summed E-state index contributed by atoms with van der Waals surface area (Å²) in [5, 5.41) is 5.15. The van der Waals surface area contributed by atoms with Crippen LogP contribution in [0.4, 0.5) is 10.1 Å². The predicted octanol–water partition coefficient (Wildman–Crippen LogP) is 3.87. The van der Waals surface area contributed by atoms with Crippen LogP contribution in [0.15, 0.2) is 59.5 Å². The first kappa shape index (κ1) is 19.2. The number of aryl methyl sites for hydroxylation is 2. The van der Waals surface area contributed by atoms with Gasteiger partial charge in [0.1, 0.15) is 11.9 Å². The molecule has 1 amide bonds. The van der Waals surface area contributed by atoms with Crippen molar-refractivity contribution < 1.29 is 17.6 Å². The first-order valence-corrected chi connectivity index (χ1v) is 11.5. The van der Waals surface area contributed by atoms with Gasteiger partial charge in [-0.2, -0.15) is 4.31 Å². The van der Waals surface area contributed by atoms with Gasteiger partial charge in [-0.3, -0.25) is 4.79 Å². The molecule has 30 heavy (non-hydrogen) atoms. The molecular weight excluding hydrogens is 403 g/mol. The minimum Gasteiger partial charge on any atom is -0.324 e. The quantitative estimate of drug-likeness (QED) is 0.692. The van der Waals surface area contributed by atoms with Crippen LogP contribution in [0.2, 0.25) is 0 Å².